The van der Waals surface area contributed by atoms with Gasteiger partial charge >= 0.3 is 0 Å². The van der Waals surface area contributed by atoms with Crippen LogP contribution in [-0.2, 0) is 11.2 Å². The predicted molar refractivity (Wildman–Crippen MR) is 82.5 cm³/mol. The van der Waals surface area contributed by atoms with E-state index in [0.29, 0.717) is 5.56 Å². The molecule has 0 spiro atoms. The summed E-state index contributed by atoms with van der Waals surface area (Å²) < 4.78 is 26.1. The van der Waals surface area contributed by atoms with Gasteiger partial charge in [-0.25, -0.2) is 8.78 Å². The molecule has 0 aliphatic carbocycles. The highest BCUT2D eigenvalue weighted by Gasteiger charge is 2.12. The molecule has 1 N–H and O–H groups in total. The Morgan fingerprint density at radius 1 is 1.05 bits per heavy atom. The number of benzene rings is 2. The van der Waals surface area contributed by atoms with Crippen LogP contribution in [0.15, 0.2) is 36.4 Å². The Bertz CT molecular complexity index is 697. The third-order valence-corrected chi connectivity index (χ3v) is 3.76. The van der Waals surface area contributed by atoms with E-state index >= 15 is 0 Å². The first-order valence-electron chi connectivity index (χ1n) is 7.17. The van der Waals surface area contributed by atoms with Gasteiger partial charge in [-0.15, -0.1) is 0 Å². The van der Waals surface area contributed by atoms with Gasteiger partial charge in [0.1, 0.15) is 0 Å². The number of rotatable bonds is 4. The van der Waals surface area contributed by atoms with Crippen LogP contribution in [0, 0.1) is 25.5 Å². The Hall–Kier alpha value is -2.23. The molecule has 1 amide bonds. The summed E-state index contributed by atoms with van der Waals surface area (Å²) >= 11 is 0. The van der Waals surface area contributed by atoms with Gasteiger partial charge < -0.3 is 5.32 Å². The first-order valence-corrected chi connectivity index (χ1v) is 7.17. The molecule has 0 saturated carbocycles. The lowest BCUT2D eigenvalue weighted by Crippen LogP contribution is -2.28. The van der Waals surface area contributed by atoms with Gasteiger partial charge in [0.05, 0.1) is 12.5 Å². The predicted octanol–water partition coefficient (Wildman–Crippen LogP) is 4.00. The molecule has 0 aliphatic heterocycles. The summed E-state index contributed by atoms with van der Waals surface area (Å²) in [6.45, 7) is 5.76. The second-order valence-electron chi connectivity index (χ2n) is 5.56. The minimum Gasteiger partial charge on any atom is -0.349 e. The number of carbonyl (C=O) groups excluding carboxylic acids is 1. The van der Waals surface area contributed by atoms with Crippen LogP contribution < -0.4 is 5.32 Å². The van der Waals surface area contributed by atoms with Crippen molar-refractivity contribution in [3.8, 4) is 0 Å². The van der Waals surface area contributed by atoms with Gasteiger partial charge in [-0.2, -0.15) is 0 Å². The second kappa shape index (κ2) is 6.69. The Labute approximate surface area is 129 Å². The molecule has 116 valence electrons. The average molecular weight is 303 g/mol. The van der Waals surface area contributed by atoms with Crippen molar-refractivity contribution < 1.29 is 13.6 Å². The third-order valence-electron chi connectivity index (χ3n) is 3.76. The Morgan fingerprint density at radius 3 is 2.41 bits per heavy atom. The maximum Gasteiger partial charge on any atom is 0.224 e. The van der Waals surface area contributed by atoms with Crippen molar-refractivity contribution in [2.75, 3.05) is 0 Å². The molecular formula is C18H19F2NO. The highest BCUT2D eigenvalue weighted by atomic mass is 19.2. The topological polar surface area (TPSA) is 29.1 Å². The first-order chi connectivity index (χ1) is 10.4. The molecule has 4 heteroatoms. The van der Waals surface area contributed by atoms with E-state index in [1.54, 1.807) is 6.92 Å². The van der Waals surface area contributed by atoms with Gasteiger partial charge in [0.25, 0.3) is 0 Å². The summed E-state index contributed by atoms with van der Waals surface area (Å²) in [5, 5.41) is 2.80. The number of aryl methyl sites for hydroxylation is 2. The minimum atomic E-state index is -0.909. The van der Waals surface area contributed by atoms with Gasteiger partial charge in [0, 0.05) is 0 Å². The van der Waals surface area contributed by atoms with Crippen LogP contribution in [0.1, 0.15) is 35.2 Å². The number of carbonyl (C=O) groups is 1. The quantitative estimate of drug-likeness (QED) is 0.908. The van der Waals surface area contributed by atoms with Gasteiger partial charge in [-0.1, -0.05) is 24.3 Å². The largest absolute Gasteiger partial charge is 0.349 e. The molecule has 0 unspecified atom stereocenters. The van der Waals surface area contributed by atoms with Crippen molar-refractivity contribution in [3.05, 3.63) is 70.3 Å². The lowest BCUT2D eigenvalue weighted by Gasteiger charge is -2.15. The molecule has 0 fully saturated rings. The second-order valence-corrected chi connectivity index (χ2v) is 5.56. The van der Waals surface area contributed by atoms with E-state index in [0.717, 1.165) is 23.3 Å². The molecule has 1 atom stereocenters. The molecule has 2 rings (SSSR count). The van der Waals surface area contributed by atoms with Crippen LogP contribution in [0.5, 0.6) is 0 Å². The molecule has 2 aromatic rings. The molecule has 0 heterocycles. The van der Waals surface area contributed by atoms with Crippen molar-refractivity contribution in [1.29, 1.82) is 0 Å². The molecule has 0 aliphatic rings. The lowest BCUT2D eigenvalue weighted by atomic mass is 10.0. The molecule has 0 aromatic heterocycles. The van der Waals surface area contributed by atoms with Crippen molar-refractivity contribution >= 4 is 5.91 Å². The molecular weight excluding hydrogens is 284 g/mol. The number of hydrogen-bond donors (Lipinski definition) is 1. The van der Waals surface area contributed by atoms with Crippen LogP contribution in [0.3, 0.4) is 0 Å². The van der Waals surface area contributed by atoms with E-state index in [2.05, 4.69) is 5.32 Å². The van der Waals surface area contributed by atoms with E-state index in [9.17, 15) is 13.6 Å². The molecule has 22 heavy (non-hydrogen) atoms. The standard InChI is InChI=1S/C18H19F2NO/c1-11-4-5-14(8-12(11)2)9-18(22)21-13(3)15-6-7-16(19)17(20)10-15/h4-8,10,13H,9H2,1-3H3,(H,21,22)/t13-/m0/s1. The highest BCUT2D eigenvalue weighted by molar-refractivity contribution is 5.79. The van der Waals surface area contributed by atoms with Crippen molar-refractivity contribution in [1.82, 2.24) is 5.32 Å². The van der Waals surface area contributed by atoms with Gasteiger partial charge in [-0.05, 0) is 55.2 Å². The van der Waals surface area contributed by atoms with Crippen molar-refractivity contribution in [2.45, 2.75) is 33.2 Å². The summed E-state index contributed by atoms with van der Waals surface area (Å²) in [5.41, 5.74) is 3.78. The van der Waals surface area contributed by atoms with Crippen LogP contribution >= 0.6 is 0 Å². The summed E-state index contributed by atoms with van der Waals surface area (Å²) in [7, 11) is 0. The normalized spacial score (nSPS) is 12.0. The van der Waals surface area contributed by atoms with Crippen molar-refractivity contribution in [2.24, 2.45) is 0 Å². The maximum absolute atomic E-state index is 13.2. The van der Waals surface area contributed by atoms with E-state index in [4.69, 9.17) is 0 Å². The number of amides is 1. The van der Waals surface area contributed by atoms with Crippen LogP contribution in [0.25, 0.3) is 0 Å². The Morgan fingerprint density at radius 2 is 1.77 bits per heavy atom. The third kappa shape index (κ3) is 3.91. The highest BCUT2D eigenvalue weighted by Crippen LogP contribution is 2.16. The smallest absolute Gasteiger partial charge is 0.224 e. The zero-order valence-corrected chi connectivity index (χ0v) is 12.9. The Balaban J connectivity index is 2.01. The number of nitrogens with one attached hydrogen (secondary N) is 1. The fourth-order valence-corrected chi connectivity index (χ4v) is 2.26. The summed E-state index contributed by atoms with van der Waals surface area (Å²) in [4.78, 5) is 12.1. The summed E-state index contributed by atoms with van der Waals surface area (Å²) in [6, 6.07) is 9.15. The molecule has 0 radical (unpaired) electrons. The van der Waals surface area contributed by atoms with Crippen LogP contribution in [0.2, 0.25) is 0 Å². The number of halogens is 2. The first kappa shape index (κ1) is 16.1. The molecule has 2 aromatic carbocycles. The van der Waals surface area contributed by atoms with Gasteiger partial charge in [0.2, 0.25) is 5.91 Å². The van der Waals surface area contributed by atoms with Crippen LogP contribution in [0.4, 0.5) is 8.78 Å². The monoisotopic (exact) mass is 303 g/mol. The number of hydrogen-bond acceptors (Lipinski definition) is 1. The van der Waals surface area contributed by atoms with Gasteiger partial charge in [-0.3, -0.25) is 4.79 Å². The van der Waals surface area contributed by atoms with Crippen molar-refractivity contribution in [3.63, 3.8) is 0 Å². The average Bonchev–Trinajstić information content (AvgIpc) is 2.45. The lowest BCUT2D eigenvalue weighted by molar-refractivity contribution is -0.121. The fraction of sp³-hybridized carbons (Fsp3) is 0.278. The van der Waals surface area contributed by atoms with E-state index in [1.165, 1.54) is 11.6 Å². The van der Waals surface area contributed by atoms with E-state index in [1.807, 2.05) is 32.0 Å². The summed E-state index contributed by atoms with van der Waals surface area (Å²) in [5.74, 6) is -1.95. The molecule has 2 nitrogen and oxygen atoms in total. The maximum atomic E-state index is 13.2. The zero-order valence-electron chi connectivity index (χ0n) is 12.9. The Kier molecular flexibility index (Phi) is 4.91. The minimum absolute atomic E-state index is 0.152. The summed E-state index contributed by atoms with van der Waals surface area (Å²) in [6.07, 6.45) is 0.259. The van der Waals surface area contributed by atoms with E-state index in [-0.39, 0.29) is 18.4 Å². The van der Waals surface area contributed by atoms with Gasteiger partial charge in [0.15, 0.2) is 11.6 Å². The molecule has 0 bridgehead atoms. The van der Waals surface area contributed by atoms with Crippen LogP contribution in [-0.4, -0.2) is 5.91 Å². The van der Waals surface area contributed by atoms with E-state index < -0.39 is 11.6 Å². The zero-order chi connectivity index (χ0) is 16.3. The SMILES string of the molecule is Cc1ccc(CC(=O)N[C@@H](C)c2ccc(F)c(F)c2)cc1C. The fourth-order valence-electron chi connectivity index (χ4n) is 2.26. The molecule has 0 saturated heterocycles.